The van der Waals surface area contributed by atoms with Crippen molar-refractivity contribution in [3.05, 3.63) is 12.2 Å². The molecule has 0 aliphatic carbocycles. The van der Waals surface area contributed by atoms with Crippen LogP contribution < -0.4 is 5.43 Å². The van der Waals surface area contributed by atoms with E-state index in [4.69, 9.17) is 0 Å². The van der Waals surface area contributed by atoms with Crippen molar-refractivity contribution in [3.63, 3.8) is 0 Å². The quantitative estimate of drug-likeness (QED) is 0.522. The first-order valence-corrected chi connectivity index (χ1v) is 3.67. The minimum atomic E-state index is 0.865. The Morgan fingerprint density at radius 3 is 3.12 bits per heavy atom. The first kappa shape index (κ1) is 5.69. The van der Waals surface area contributed by atoms with Crippen LogP contribution in [0, 0.1) is 0 Å². The van der Waals surface area contributed by atoms with Crippen molar-refractivity contribution >= 4 is 16.8 Å². The fourth-order valence-corrected chi connectivity index (χ4v) is 0.875. The van der Waals surface area contributed by atoms with E-state index in [-0.39, 0.29) is 0 Å². The SMILES string of the molecule is CSC1=NNCC=C1. The highest BCUT2D eigenvalue weighted by Crippen LogP contribution is 2.00. The molecule has 1 rings (SSSR count). The van der Waals surface area contributed by atoms with Crippen molar-refractivity contribution in [3.8, 4) is 0 Å². The van der Waals surface area contributed by atoms with Crippen molar-refractivity contribution in [2.75, 3.05) is 12.8 Å². The maximum atomic E-state index is 3.99. The van der Waals surface area contributed by atoms with E-state index < -0.39 is 0 Å². The molecule has 1 aliphatic heterocycles. The summed E-state index contributed by atoms with van der Waals surface area (Å²) < 4.78 is 0. The highest BCUT2D eigenvalue weighted by molar-refractivity contribution is 8.13. The topological polar surface area (TPSA) is 24.4 Å². The van der Waals surface area contributed by atoms with Gasteiger partial charge in [-0.25, -0.2) is 0 Å². The number of nitrogens with one attached hydrogen (secondary N) is 1. The van der Waals surface area contributed by atoms with Gasteiger partial charge in [-0.05, 0) is 12.3 Å². The minimum Gasteiger partial charge on any atom is -0.305 e. The molecule has 0 fully saturated rings. The summed E-state index contributed by atoms with van der Waals surface area (Å²) in [5, 5.41) is 5.04. The van der Waals surface area contributed by atoms with E-state index >= 15 is 0 Å². The predicted octanol–water partition coefficient (Wildman–Crippen LogP) is 0.822. The molecule has 0 saturated heterocycles. The smallest absolute Gasteiger partial charge is 0.115 e. The second kappa shape index (κ2) is 2.77. The summed E-state index contributed by atoms with van der Waals surface area (Å²) >= 11 is 1.65. The molecule has 1 heterocycles. The number of rotatable bonds is 0. The van der Waals surface area contributed by atoms with Crippen molar-refractivity contribution in [2.24, 2.45) is 5.10 Å². The van der Waals surface area contributed by atoms with Crippen molar-refractivity contribution < 1.29 is 0 Å². The van der Waals surface area contributed by atoms with Gasteiger partial charge in [0.05, 0.1) is 6.54 Å². The van der Waals surface area contributed by atoms with Gasteiger partial charge in [-0.3, -0.25) is 0 Å². The molecule has 0 radical (unpaired) electrons. The Morgan fingerprint density at radius 2 is 2.75 bits per heavy atom. The van der Waals surface area contributed by atoms with E-state index in [0.29, 0.717) is 0 Å². The van der Waals surface area contributed by atoms with Gasteiger partial charge in [0.2, 0.25) is 0 Å². The Hall–Kier alpha value is -0.440. The third kappa shape index (κ3) is 1.26. The van der Waals surface area contributed by atoms with Gasteiger partial charge in [0.25, 0.3) is 0 Å². The van der Waals surface area contributed by atoms with Gasteiger partial charge in [-0.1, -0.05) is 6.08 Å². The highest BCUT2D eigenvalue weighted by atomic mass is 32.2. The zero-order valence-corrected chi connectivity index (χ0v) is 5.53. The van der Waals surface area contributed by atoms with Crippen LogP contribution in [0.5, 0.6) is 0 Å². The van der Waals surface area contributed by atoms with Crippen molar-refractivity contribution in [2.45, 2.75) is 0 Å². The second-order valence-corrected chi connectivity index (χ2v) is 2.25. The van der Waals surface area contributed by atoms with Gasteiger partial charge < -0.3 is 5.43 Å². The van der Waals surface area contributed by atoms with Crippen LogP contribution in [-0.4, -0.2) is 17.8 Å². The summed E-state index contributed by atoms with van der Waals surface area (Å²) in [6.07, 6.45) is 6.08. The second-order valence-electron chi connectivity index (χ2n) is 1.42. The molecule has 0 amide bonds. The Bertz CT molecular complexity index is 128. The lowest BCUT2D eigenvalue weighted by atomic mass is 10.5. The van der Waals surface area contributed by atoms with Crippen molar-refractivity contribution in [1.82, 2.24) is 5.43 Å². The number of hydrazone groups is 1. The molecule has 3 heteroatoms. The fraction of sp³-hybridized carbons (Fsp3) is 0.400. The Kier molecular flexibility index (Phi) is 1.97. The number of thioether (sulfide) groups is 1. The summed E-state index contributed by atoms with van der Waals surface area (Å²) in [5.74, 6) is 0. The van der Waals surface area contributed by atoms with Crippen LogP contribution in [0.2, 0.25) is 0 Å². The maximum absolute atomic E-state index is 3.99. The minimum absolute atomic E-state index is 0.865. The van der Waals surface area contributed by atoms with Crippen LogP contribution in [0.1, 0.15) is 0 Å². The first-order valence-electron chi connectivity index (χ1n) is 2.44. The third-order valence-electron chi connectivity index (χ3n) is 0.868. The Labute approximate surface area is 53.0 Å². The molecule has 0 bridgehead atoms. The van der Waals surface area contributed by atoms with E-state index in [9.17, 15) is 0 Å². The summed E-state index contributed by atoms with van der Waals surface area (Å²) in [6.45, 7) is 0.865. The largest absolute Gasteiger partial charge is 0.305 e. The van der Waals surface area contributed by atoms with Gasteiger partial charge in [-0.2, -0.15) is 5.10 Å². The lowest BCUT2D eigenvalue weighted by Crippen LogP contribution is -2.11. The molecule has 0 unspecified atom stereocenters. The van der Waals surface area contributed by atoms with Crippen LogP contribution in [0.25, 0.3) is 0 Å². The zero-order valence-electron chi connectivity index (χ0n) is 4.72. The van der Waals surface area contributed by atoms with E-state index in [2.05, 4.69) is 16.6 Å². The van der Waals surface area contributed by atoms with Gasteiger partial charge in [-0.15, -0.1) is 11.8 Å². The monoisotopic (exact) mass is 128 g/mol. The normalized spacial score (nSPS) is 17.4. The molecule has 0 saturated carbocycles. The summed E-state index contributed by atoms with van der Waals surface area (Å²) in [4.78, 5) is 0. The summed E-state index contributed by atoms with van der Waals surface area (Å²) in [7, 11) is 0. The Morgan fingerprint density at radius 1 is 1.88 bits per heavy atom. The van der Waals surface area contributed by atoms with Gasteiger partial charge in [0, 0.05) is 0 Å². The molecule has 0 aromatic rings. The maximum Gasteiger partial charge on any atom is 0.115 e. The molecule has 1 N–H and O–H groups in total. The van der Waals surface area contributed by atoms with E-state index in [1.165, 1.54) is 0 Å². The van der Waals surface area contributed by atoms with Crippen molar-refractivity contribution in [1.29, 1.82) is 0 Å². The van der Waals surface area contributed by atoms with Gasteiger partial charge in [0.15, 0.2) is 0 Å². The third-order valence-corrected chi connectivity index (χ3v) is 1.51. The molecular weight excluding hydrogens is 120 g/mol. The van der Waals surface area contributed by atoms with Crippen LogP contribution in [0.3, 0.4) is 0 Å². The van der Waals surface area contributed by atoms with Crippen LogP contribution in [0.4, 0.5) is 0 Å². The molecule has 0 aromatic carbocycles. The fourth-order valence-electron chi connectivity index (χ4n) is 0.487. The van der Waals surface area contributed by atoms with Crippen LogP contribution >= 0.6 is 11.8 Å². The molecule has 8 heavy (non-hydrogen) atoms. The lowest BCUT2D eigenvalue weighted by Gasteiger charge is -2.02. The standard InChI is InChI=1S/C5H8N2S/c1-8-5-3-2-4-6-7-5/h2-3,6H,4H2,1H3. The van der Waals surface area contributed by atoms with Crippen LogP contribution in [-0.2, 0) is 0 Å². The molecule has 0 atom stereocenters. The molecule has 44 valence electrons. The van der Waals surface area contributed by atoms with Gasteiger partial charge in [0.1, 0.15) is 5.04 Å². The van der Waals surface area contributed by atoms with Crippen LogP contribution in [0.15, 0.2) is 17.3 Å². The van der Waals surface area contributed by atoms with Gasteiger partial charge >= 0.3 is 0 Å². The summed E-state index contributed by atoms with van der Waals surface area (Å²) in [5.41, 5.74) is 2.87. The first-order chi connectivity index (χ1) is 3.93. The molecule has 0 aromatic heterocycles. The number of hydrogen-bond donors (Lipinski definition) is 1. The zero-order chi connectivity index (χ0) is 5.82. The molecule has 0 spiro atoms. The number of hydrogen-bond acceptors (Lipinski definition) is 3. The average molecular weight is 128 g/mol. The number of nitrogens with zero attached hydrogens (tertiary/aromatic N) is 1. The molecule has 1 aliphatic rings. The molecular formula is C5H8N2S. The molecule has 2 nitrogen and oxygen atoms in total. The van der Waals surface area contributed by atoms with E-state index in [1.807, 2.05) is 12.3 Å². The highest BCUT2D eigenvalue weighted by Gasteiger charge is 1.92. The predicted molar refractivity (Wildman–Crippen MR) is 38.1 cm³/mol. The summed E-state index contributed by atoms with van der Waals surface area (Å²) in [6, 6.07) is 0. The van der Waals surface area contributed by atoms with E-state index in [1.54, 1.807) is 11.8 Å². The Balaban J connectivity index is 2.51. The van der Waals surface area contributed by atoms with E-state index in [0.717, 1.165) is 11.6 Å². The lowest BCUT2D eigenvalue weighted by molar-refractivity contribution is 0.821. The average Bonchev–Trinajstić information content (AvgIpc) is 1.90.